The summed E-state index contributed by atoms with van der Waals surface area (Å²) in [5.74, 6) is 1.87. The summed E-state index contributed by atoms with van der Waals surface area (Å²) in [6.07, 6.45) is 0. The van der Waals surface area contributed by atoms with Gasteiger partial charge in [0, 0.05) is 17.5 Å². The van der Waals surface area contributed by atoms with E-state index in [0.29, 0.717) is 24.2 Å². The normalized spacial score (nSPS) is 11.0. The zero-order chi connectivity index (χ0) is 20.3. The monoisotopic (exact) mass is 393 g/mol. The van der Waals surface area contributed by atoms with Gasteiger partial charge in [-0.25, -0.2) is 9.97 Å². The highest BCUT2D eigenvalue weighted by atomic mass is 16.4. The first-order valence-electron chi connectivity index (χ1n) is 9.72. The van der Waals surface area contributed by atoms with E-state index in [2.05, 4.69) is 37.6 Å². The van der Waals surface area contributed by atoms with Crippen molar-refractivity contribution >= 4 is 16.7 Å². The molecule has 3 aromatic carbocycles. The van der Waals surface area contributed by atoms with E-state index in [0.717, 1.165) is 22.3 Å². The van der Waals surface area contributed by atoms with E-state index in [9.17, 15) is 0 Å². The van der Waals surface area contributed by atoms with Gasteiger partial charge in [-0.3, -0.25) is 0 Å². The lowest BCUT2D eigenvalue weighted by Crippen LogP contribution is -2.04. The van der Waals surface area contributed by atoms with Crippen LogP contribution in [-0.4, -0.2) is 20.2 Å². The molecule has 2 heterocycles. The number of anilines is 1. The molecule has 0 aliphatic heterocycles. The Morgan fingerprint density at radius 2 is 1.50 bits per heavy atom. The predicted octanol–water partition coefficient (Wildman–Crippen LogP) is 5.27. The van der Waals surface area contributed by atoms with Gasteiger partial charge in [0.15, 0.2) is 0 Å². The quantitative estimate of drug-likeness (QED) is 0.438. The van der Waals surface area contributed by atoms with E-state index in [1.807, 2.05) is 73.7 Å². The lowest BCUT2D eigenvalue weighted by molar-refractivity contribution is 0.579. The van der Waals surface area contributed by atoms with Crippen molar-refractivity contribution < 1.29 is 4.42 Å². The number of hydrogen-bond acceptors (Lipinski definition) is 6. The van der Waals surface area contributed by atoms with Gasteiger partial charge in [-0.2, -0.15) is 0 Å². The number of fused-ring (bicyclic) bond motifs is 1. The summed E-state index contributed by atoms with van der Waals surface area (Å²) in [6, 6.07) is 26.0. The number of aromatic nitrogens is 4. The van der Waals surface area contributed by atoms with E-state index in [1.54, 1.807) is 0 Å². The van der Waals surface area contributed by atoms with Crippen LogP contribution < -0.4 is 5.32 Å². The van der Waals surface area contributed by atoms with Crippen LogP contribution in [0.1, 0.15) is 11.1 Å². The van der Waals surface area contributed by atoms with Gasteiger partial charge < -0.3 is 9.73 Å². The Morgan fingerprint density at radius 3 is 2.33 bits per heavy atom. The molecule has 30 heavy (non-hydrogen) atoms. The molecule has 0 aliphatic rings. The smallest absolute Gasteiger partial charge is 0.286 e. The van der Waals surface area contributed by atoms with Crippen molar-refractivity contribution in [1.82, 2.24) is 20.2 Å². The number of benzene rings is 3. The number of para-hydroxylation sites is 1. The van der Waals surface area contributed by atoms with Gasteiger partial charge in [-0.1, -0.05) is 60.2 Å². The van der Waals surface area contributed by atoms with Crippen molar-refractivity contribution in [3.05, 3.63) is 90.0 Å². The highest BCUT2D eigenvalue weighted by molar-refractivity contribution is 5.90. The molecule has 146 valence electrons. The molecule has 5 rings (SSSR count). The number of rotatable bonds is 5. The summed E-state index contributed by atoms with van der Waals surface area (Å²) in [6.45, 7) is 2.69. The van der Waals surface area contributed by atoms with Crippen LogP contribution in [0.3, 0.4) is 0 Å². The van der Waals surface area contributed by atoms with Crippen LogP contribution in [0.5, 0.6) is 0 Å². The molecule has 5 aromatic rings. The Balaban J connectivity index is 1.51. The largest absolute Gasteiger partial charge is 0.413 e. The molecule has 0 saturated carbocycles. The average molecular weight is 393 g/mol. The van der Waals surface area contributed by atoms with Crippen LogP contribution in [0.2, 0.25) is 0 Å². The second kappa shape index (κ2) is 7.75. The van der Waals surface area contributed by atoms with Gasteiger partial charge in [0.05, 0.1) is 5.52 Å². The van der Waals surface area contributed by atoms with E-state index < -0.39 is 0 Å². The second-order valence-electron chi connectivity index (χ2n) is 7.03. The van der Waals surface area contributed by atoms with Gasteiger partial charge in [-0.15, -0.1) is 10.2 Å². The summed E-state index contributed by atoms with van der Waals surface area (Å²) in [5.41, 5.74) is 4.02. The van der Waals surface area contributed by atoms with Crippen molar-refractivity contribution in [2.24, 2.45) is 0 Å². The van der Waals surface area contributed by atoms with Crippen molar-refractivity contribution in [3.8, 4) is 23.2 Å². The molecule has 1 N–H and O–H groups in total. The zero-order valence-electron chi connectivity index (χ0n) is 16.4. The van der Waals surface area contributed by atoms with Gasteiger partial charge in [0.25, 0.3) is 5.89 Å². The first-order valence-corrected chi connectivity index (χ1v) is 9.72. The first kappa shape index (κ1) is 18.0. The van der Waals surface area contributed by atoms with Gasteiger partial charge >= 0.3 is 0 Å². The fraction of sp³-hybridized carbons (Fsp3) is 0.0833. The van der Waals surface area contributed by atoms with Crippen LogP contribution in [-0.2, 0) is 6.54 Å². The minimum atomic E-state index is 0.291. The molecule has 0 saturated heterocycles. The third-order valence-electron chi connectivity index (χ3n) is 4.82. The molecular weight excluding hydrogens is 374 g/mol. The van der Waals surface area contributed by atoms with Crippen LogP contribution in [0.25, 0.3) is 34.1 Å². The summed E-state index contributed by atoms with van der Waals surface area (Å²) in [5, 5.41) is 12.7. The van der Waals surface area contributed by atoms with E-state index in [-0.39, 0.29) is 0 Å². The standard InChI is InChI=1S/C24H19N5O/c1-16-11-13-18(14-12-16)23-28-29-24(30-23)22-26-20-10-6-5-9-19(20)21(27-22)25-15-17-7-3-2-4-8-17/h2-14H,15H2,1H3,(H,25,26,27). The third-order valence-corrected chi connectivity index (χ3v) is 4.82. The molecular formula is C24H19N5O. The molecule has 0 unspecified atom stereocenters. The molecule has 0 atom stereocenters. The van der Waals surface area contributed by atoms with Crippen molar-refractivity contribution in [2.45, 2.75) is 13.5 Å². The summed E-state index contributed by atoms with van der Waals surface area (Å²) < 4.78 is 5.89. The summed E-state index contributed by atoms with van der Waals surface area (Å²) in [7, 11) is 0. The molecule has 0 bridgehead atoms. The first-order chi connectivity index (χ1) is 14.8. The Kier molecular flexibility index (Phi) is 4.65. The number of nitrogens with zero attached hydrogens (tertiary/aromatic N) is 4. The predicted molar refractivity (Wildman–Crippen MR) is 117 cm³/mol. The molecule has 6 heteroatoms. The Hall–Kier alpha value is -4.06. The number of hydrogen-bond donors (Lipinski definition) is 1. The fourth-order valence-corrected chi connectivity index (χ4v) is 3.22. The van der Waals surface area contributed by atoms with Crippen LogP contribution in [0, 0.1) is 6.92 Å². The molecule has 0 fully saturated rings. The van der Waals surface area contributed by atoms with Crippen LogP contribution in [0.15, 0.2) is 83.3 Å². The van der Waals surface area contributed by atoms with Crippen LogP contribution >= 0.6 is 0 Å². The van der Waals surface area contributed by atoms with Crippen molar-refractivity contribution in [2.75, 3.05) is 5.32 Å². The molecule has 0 amide bonds. The molecule has 2 aromatic heterocycles. The zero-order valence-corrected chi connectivity index (χ0v) is 16.4. The Bertz CT molecular complexity index is 1300. The van der Waals surface area contributed by atoms with E-state index in [1.165, 1.54) is 11.1 Å². The summed E-state index contributed by atoms with van der Waals surface area (Å²) in [4.78, 5) is 9.32. The maximum atomic E-state index is 5.89. The van der Waals surface area contributed by atoms with Gasteiger partial charge in [0.1, 0.15) is 5.82 Å². The molecule has 0 spiro atoms. The average Bonchev–Trinajstić information content (AvgIpc) is 3.29. The lowest BCUT2D eigenvalue weighted by atomic mass is 10.1. The second-order valence-corrected chi connectivity index (χ2v) is 7.03. The molecule has 0 aliphatic carbocycles. The third kappa shape index (κ3) is 3.63. The molecule has 6 nitrogen and oxygen atoms in total. The minimum absolute atomic E-state index is 0.291. The minimum Gasteiger partial charge on any atom is -0.413 e. The summed E-state index contributed by atoms with van der Waals surface area (Å²) >= 11 is 0. The Labute approximate surface area is 173 Å². The number of aryl methyl sites for hydroxylation is 1. The SMILES string of the molecule is Cc1ccc(-c2nnc(-c3nc(NCc4ccccc4)c4ccccc4n3)o2)cc1. The van der Waals surface area contributed by atoms with Gasteiger partial charge in [0.2, 0.25) is 11.7 Å². The van der Waals surface area contributed by atoms with Crippen molar-refractivity contribution in [3.63, 3.8) is 0 Å². The topological polar surface area (TPSA) is 76.7 Å². The van der Waals surface area contributed by atoms with Gasteiger partial charge in [-0.05, 0) is 36.8 Å². The fourth-order valence-electron chi connectivity index (χ4n) is 3.22. The maximum absolute atomic E-state index is 5.89. The van der Waals surface area contributed by atoms with Crippen LogP contribution in [0.4, 0.5) is 5.82 Å². The lowest BCUT2D eigenvalue weighted by Gasteiger charge is -2.10. The Morgan fingerprint density at radius 1 is 0.767 bits per heavy atom. The van der Waals surface area contributed by atoms with E-state index in [4.69, 9.17) is 4.42 Å². The maximum Gasteiger partial charge on any atom is 0.286 e. The van der Waals surface area contributed by atoms with E-state index >= 15 is 0 Å². The van der Waals surface area contributed by atoms with Crippen molar-refractivity contribution in [1.29, 1.82) is 0 Å². The highest BCUT2D eigenvalue weighted by Crippen LogP contribution is 2.27. The number of nitrogens with one attached hydrogen (secondary N) is 1. The molecule has 0 radical (unpaired) electrons. The highest BCUT2D eigenvalue weighted by Gasteiger charge is 2.16.